The standard InChI is InChI=1S/C22H27N3O6/c1-2-12-31-16-10-8-15(9-11-16)25-19(14-6-4-3-5-7-14)24-21(29)18(22(25)30)20(28)23-13-17(26)27/h8-11,14,29H,2-7,12-13H2,1H3,(H,23,28)(H,26,27). The smallest absolute Gasteiger partial charge is 0.322 e. The summed E-state index contributed by atoms with van der Waals surface area (Å²) in [4.78, 5) is 40.8. The molecule has 1 fully saturated rings. The van der Waals surface area contributed by atoms with E-state index in [-0.39, 0.29) is 5.92 Å². The third kappa shape index (κ3) is 5.22. The van der Waals surface area contributed by atoms with Gasteiger partial charge < -0.3 is 20.3 Å². The molecule has 3 rings (SSSR count). The normalized spacial score (nSPS) is 14.2. The molecule has 1 aromatic heterocycles. The quantitative estimate of drug-likeness (QED) is 0.588. The first-order valence-electron chi connectivity index (χ1n) is 10.5. The van der Waals surface area contributed by atoms with Gasteiger partial charge in [0, 0.05) is 5.92 Å². The van der Waals surface area contributed by atoms with Gasteiger partial charge in [-0.3, -0.25) is 19.0 Å². The number of aliphatic carboxylic acids is 1. The highest BCUT2D eigenvalue weighted by Crippen LogP contribution is 2.33. The molecule has 9 nitrogen and oxygen atoms in total. The molecular weight excluding hydrogens is 402 g/mol. The van der Waals surface area contributed by atoms with E-state index >= 15 is 0 Å². The molecule has 0 radical (unpaired) electrons. The van der Waals surface area contributed by atoms with E-state index in [0.717, 1.165) is 38.5 Å². The van der Waals surface area contributed by atoms with Gasteiger partial charge in [-0.05, 0) is 43.5 Å². The van der Waals surface area contributed by atoms with Crippen LogP contribution < -0.4 is 15.6 Å². The van der Waals surface area contributed by atoms with Crippen LogP contribution in [0.2, 0.25) is 0 Å². The number of ether oxygens (including phenoxy) is 1. The van der Waals surface area contributed by atoms with Gasteiger partial charge in [0.15, 0.2) is 5.56 Å². The lowest BCUT2D eigenvalue weighted by Gasteiger charge is -2.25. The van der Waals surface area contributed by atoms with Gasteiger partial charge in [0.05, 0.1) is 12.3 Å². The predicted molar refractivity (Wildman–Crippen MR) is 113 cm³/mol. The monoisotopic (exact) mass is 429 g/mol. The highest BCUT2D eigenvalue weighted by molar-refractivity contribution is 5.97. The number of carboxylic acid groups (broad SMARTS) is 1. The van der Waals surface area contributed by atoms with E-state index in [1.807, 2.05) is 6.92 Å². The van der Waals surface area contributed by atoms with Crippen LogP contribution in [0.5, 0.6) is 11.6 Å². The van der Waals surface area contributed by atoms with Crippen LogP contribution in [-0.2, 0) is 4.79 Å². The van der Waals surface area contributed by atoms with Crippen molar-refractivity contribution in [3.8, 4) is 17.3 Å². The summed E-state index contributed by atoms with van der Waals surface area (Å²) in [5, 5.41) is 21.3. The number of hydrogen-bond donors (Lipinski definition) is 3. The van der Waals surface area contributed by atoms with Gasteiger partial charge in [0.1, 0.15) is 18.1 Å². The molecule has 0 aliphatic heterocycles. The molecule has 1 saturated carbocycles. The van der Waals surface area contributed by atoms with E-state index in [2.05, 4.69) is 10.3 Å². The molecule has 0 spiro atoms. The van der Waals surface area contributed by atoms with Gasteiger partial charge in [-0.1, -0.05) is 26.2 Å². The SMILES string of the molecule is CCCOc1ccc(-n2c(C3CCCCC3)nc(O)c(C(=O)NCC(=O)O)c2=O)cc1. The van der Waals surface area contributed by atoms with Crippen molar-refractivity contribution >= 4 is 11.9 Å². The Morgan fingerprint density at radius 1 is 1.19 bits per heavy atom. The number of hydrogen-bond acceptors (Lipinski definition) is 6. The van der Waals surface area contributed by atoms with Crippen molar-refractivity contribution in [3.63, 3.8) is 0 Å². The molecule has 31 heavy (non-hydrogen) atoms. The number of nitrogens with zero attached hydrogens (tertiary/aromatic N) is 2. The summed E-state index contributed by atoms with van der Waals surface area (Å²) in [5.41, 5.74) is -0.820. The first-order valence-corrected chi connectivity index (χ1v) is 10.5. The zero-order valence-electron chi connectivity index (χ0n) is 17.5. The zero-order chi connectivity index (χ0) is 22.4. The van der Waals surface area contributed by atoms with Crippen LogP contribution in [0.1, 0.15) is 67.5 Å². The highest BCUT2D eigenvalue weighted by Gasteiger charge is 2.28. The molecule has 1 amide bonds. The van der Waals surface area contributed by atoms with Gasteiger partial charge in [-0.2, -0.15) is 4.98 Å². The van der Waals surface area contributed by atoms with Crippen LogP contribution >= 0.6 is 0 Å². The van der Waals surface area contributed by atoms with Crippen molar-refractivity contribution in [2.75, 3.05) is 13.2 Å². The van der Waals surface area contributed by atoms with Crippen LogP contribution in [-0.4, -0.2) is 44.8 Å². The second-order valence-corrected chi connectivity index (χ2v) is 7.56. The topological polar surface area (TPSA) is 131 Å². The summed E-state index contributed by atoms with van der Waals surface area (Å²) < 4.78 is 6.94. The number of rotatable bonds is 8. The Morgan fingerprint density at radius 2 is 1.87 bits per heavy atom. The van der Waals surface area contributed by atoms with E-state index < -0.39 is 35.4 Å². The van der Waals surface area contributed by atoms with Crippen molar-refractivity contribution in [1.82, 2.24) is 14.9 Å². The van der Waals surface area contributed by atoms with Gasteiger partial charge in [0.25, 0.3) is 11.5 Å². The maximum absolute atomic E-state index is 13.3. The fourth-order valence-electron chi connectivity index (χ4n) is 3.76. The van der Waals surface area contributed by atoms with E-state index in [0.29, 0.717) is 23.9 Å². The molecule has 0 bridgehead atoms. The van der Waals surface area contributed by atoms with E-state index in [4.69, 9.17) is 9.84 Å². The number of amides is 1. The highest BCUT2D eigenvalue weighted by atomic mass is 16.5. The van der Waals surface area contributed by atoms with Crippen molar-refractivity contribution < 1.29 is 24.5 Å². The lowest BCUT2D eigenvalue weighted by atomic mass is 9.88. The fourth-order valence-corrected chi connectivity index (χ4v) is 3.76. The lowest BCUT2D eigenvalue weighted by Crippen LogP contribution is -2.37. The third-order valence-electron chi connectivity index (χ3n) is 5.26. The second-order valence-electron chi connectivity index (χ2n) is 7.56. The zero-order valence-corrected chi connectivity index (χ0v) is 17.5. The Labute approximate surface area is 179 Å². The number of nitrogens with one attached hydrogen (secondary N) is 1. The van der Waals surface area contributed by atoms with E-state index in [9.17, 15) is 19.5 Å². The molecule has 3 N–H and O–H groups in total. The Hall–Kier alpha value is -3.36. The summed E-state index contributed by atoms with van der Waals surface area (Å²) in [6.45, 7) is 1.90. The molecule has 2 aromatic rings. The molecule has 0 saturated heterocycles. The van der Waals surface area contributed by atoms with Crippen LogP contribution in [0, 0.1) is 0 Å². The average molecular weight is 429 g/mol. The molecule has 0 unspecified atom stereocenters. The molecule has 1 aliphatic carbocycles. The minimum atomic E-state index is -1.26. The Bertz CT molecular complexity index is 994. The van der Waals surface area contributed by atoms with Gasteiger partial charge in [-0.25, -0.2) is 0 Å². The van der Waals surface area contributed by atoms with Crippen LogP contribution in [0.15, 0.2) is 29.1 Å². The molecular formula is C22H27N3O6. The summed E-state index contributed by atoms with van der Waals surface area (Å²) in [6.07, 6.45) is 5.61. The maximum atomic E-state index is 13.3. The van der Waals surface area contributed by atoms with E-state index in [1.54, 1.807) is 24.3 Å². The first-order chi connectivity index (χ1) is 14.9. The summed E-state index contributed by atoms with van der Waals surface area (Å²) in [7, 11) is 0. The number of aromatic nitrogens is 2. The number of aromatic hydroxyl groups is 1. The van der Waals surface area contributed by atoms with Gasteiger partial charge in [0.2, 0.25) is 5.88 Å². The number of benzene rings is 1. The van der Waals surface area contributed by atoms with E-state index in [1.165, 1.54) is 4.57 Å². The Morgan fingerprint density at radius 3 is 2.48 bits per heavy atom. The molecule has 1 heterocycles. The molecule has 1 aromatic carbocycles. The Kier molecular flexibility index (Phi) is 7.28. The van der Waals surface area contributed by atoms with Crippen LogP contribution in [0.3, 0.4) is 0 Å². The molecule has 9 heteroatoms. The fraction of sp³-hybridized carbons (Fsp3) is 0.455. The lowest BCUT2D eigenvalue weighted by molar-refractivity contribution is -0.135. The van der Waals surface area contributed by atoms with Gasteiger partial charge >= 0.3 is 5.97 Å². The first kappa shape index (κ1) is 22.3. The largest absolute Gasteiger partial charge is 0.494 e. The summed E-state index contributed by atoms with van der Waals surface area (Å²) in [5.74, 6) is -1.90. The molecule has 166 valence electrons. The number of carbonyl (C=O) groups is 2. The minimum Gasteiger partial charge on any atom is -0.494 e. The van der Waals surface area contributed by atoms with Crippen LogP contribution in [0.25, 0.3) is 5.69 Å². The Balaban J connectivity index is 2.08. The van der Waals surface area contributed by atoms with Crippen LogP contribution in [0.4, 0.5) is 0 Å². The summed E-state index contributed by atoms with van der Waals surface area (Å²) in [6, 6.07) is 6.88. The number of carboxylic acids is 1. The molecule has 1 aliphatic rings. The minimum absolute atomic E-state index is 0.0282. The number of carbonyl (C=O) groups excluding carboxylic acids is 1. The van der Waals surface area contributed by atoms with Crippen molar-refractivity contribution in [1.29, 1.82) is 0 Å². The third-order valence-corrected chi connectivity index (χ3v) is 5.26. The second kappa shape index (κ2) is 10.1. The predicted octanol–water partition coefficient (Wildman–Crippen LogP) is 2.59. The van der Waals surface area contributed by atoms with Crippen molar-refractivity contribution in [2.24, 2.45) is 0 Å². The molecule has 0 atom stereocenters. The van der Waals surface area contributed by atoms with Crippen molar-refractivity contribution in [3.05, 3.63) is 46.0 Å². The van der Waals surface area contributed by atoms with Gasteiger partial charge in [-0.15, -0.1) is 0 Å². The average Bonchev–Trinajstić information content (AvgIpc) is 2.77. The van der Waals surface area contributed by atoms with Crippen molar-refractivity contribution in [2.45, 2.75) is 51.4 Å². The summed E-state index contributed by atoms with van der Waals surface area (Å²) >= 11 is 0. The maximum Gasteiger partial charge on any atom is 0.322 e.